The molecule has 0 bridgehead atoms. The van der Waals surface area contributed by atoms with Gasteiger partial charge in [0.25, 0.3) is 0 Å². The Balaban J connectivity index is 1.77. The number of hydrogen-bond donors (Lipinski definition) is 1. The number of carbonyl (C=O) groups excluding carboxylic acids is 2. The number of carbonyl (C=O) groups is 2. The zero-order chi connectivity index (χ0) is 16.7. The van der Waals surface area contributed by atoms with Crippen LogP contribution in [0.15, 0.2) is 24.3 Å². The maximum atomic E-state index is 12.1. The topological polar surface area (TPSA) is 67.9 Å². The second-order valence-electron chi connectivity index (χ2n) is 5.67. The van der Waals surface area contributed by atoms with E-state index in [2.05, 4.69) is 5.32 Å². The van der Waals surface area contributed by atoms with Gasteiger partial charge in [-0.2, -0.15) is 0 Å². The summed E-state index contributed by atoms with van der Waals surface area (Å²) in [6.45, 7) is 3.98. The van der Waals surface area contributed by atoms with Crippen molar-refractivity contribution in [1.82, 2.24) is 10.2 Å². The summed E-state index contributed by atoms with van der Waals surface area (Å²) < 4.78 is 10.5. The summed E-state index contributed by atoms with van der Waals surface area (Å²) >= 11 is 0. The molecule has 1 unspecified atom stereocenters. The number of methoxy groups -OCH3 is 1. The van der Waals surface area contributed by atoms with E-state index in [1.54, 1.807) is 12.0 Å². The lowest BCUT2D eigenvalue weighted by Gasteiger charge is -2.32. The molecular formula is C17H24N2O4. The van der Waals surface area contributed by atoms with Crippen molar-refractivity contribution in [3.05, 3.63) is 35.4 Å². The average Bonchev–Trinajstić information content (AvgIpc) is 2.55. The Bertz CT molecular complexity index is 547. The van der Waals surface area contributed by atoms with E-state index in [0.717, 1.165) is 11.1 Å². The quantitative estimate of drug-likeness (QED) is 0.796. The molecule has 0 spiro atoms. The third-order valence-corrected chi connectivity index (χ3v) is 3.92. The number of nitrogens with one attached hydrogen (secondary N) is 1. The highest BCUT2D eigenvalue weighted by Crippen LogP contribution is 2.08. The first-order valence-corrected chi connectivity index (χ1v) is 7.79. The van der Waals surface area contributed by atoms with Crippen LogP contribution in [0.3, 0.4) is 0 Å². The van der Waals surface area contributed by atoms with Gasteiger partial charge in [0.15, 0.2) is 0 Å². The van der Waals surface area contributed by atoms with Crippen molar-refractivity contribution in [2.45, 2.75) is 19.4 Å². The fourth-order valence-corrected chi connectivity index (χ4v) is 2.49. The molecule has 0 aromatic heterocycles. The van der Waals surface area contributed by atoms with Crippen LogP contribution in [0.1, 0.15) is 11.1 Å². The van der Waals surface area contributed by atoms with Crippen molar-refractivity contribution in [1.29, 1.82) is 0 Å². The third kappa shape index (κ3) is 5.33. The number of morpholine rings is 1. The van der Waals surface area contributed by atoms with Crippen LogP contribution in [0.25, 0.3) is 0 Å². The van der Waals surface area contributed by atoms with Crippen molar-refractivity contribution >= 4 is 11.8 Å². The predicted molar refractivity (Wildman–Crippen MR) is 86.1 cm³/mol. The highest BCUT2D eigenvalue weighted by atomic mass is 16.5. The van der Waals surface area contributed by atoms with Crippen LogP contribution < -0.4 is 5.32 Å². The van der Waals surface area contributed by atoms with Gasteiger partial charge in [-0.25, -0.2) is 0 Å². The predicted octanol–water partition coefficient (Wildman–Crippen LogP) is 0.528. The summed E-state index contributed by atoms with van der Waals surface area (Å²) in [6, 6.07) is 7.83. The van der Waals surface area contributed by atoms with Crippen LogP contribution in [0.4, 0.5) is 0 Å². The smallest absolute Gasteiger partial charge is 0.248 e. The SMILES string of the molecule is COCCN1CC(CNC(=O)Cc2ccccc2C)OCC1=O. The number of amides is 2. The number of hydrogen-bond acceptors (Lipinski definition) is 4. The molecule has 1 aliphatic heterocycles. The number of nitrogens with zero attached hydrogens (tertiary/aromatic N) is 1. The van der Waals surface area contributed by atoms with E-state index in [1.807, 2.05) is 31.2 Å². The van der Waals surface area contributed by atoms with Crippen LogP contribution in [-0.4, -0.2) is 62.8 Å². The van der Waals surface area contributed by atoms with Gasteiger partial charge in [0.05, 0.1) is 19.1 Å². The largest absolute Gasteiger partial charge is 0.383 e. The van der Waals surface area contributed by atoms with Gasteiger partial charge >= 0.3 is 0 Å². The van der Waals surface area contributed by atoms with Gasteiger partial charge in [-0.1, -0.05) is 24.3 Å². The fourth-order valence-electron chi connectivity index (χ4n) is 2.49. The minimum absolute atomic E-state index is 0.0375. The van der Waals surface area contributed by atoms with Crippen molar-refractivity contribution in [2.75, 3.05) is 40.0 Å². The summed E-state index contributed by atoms with van der Waals surface area (Å²) in [5.41, 5.74) is 2.12. The van der Waals surface area contributed by atoms with Crippen molar-refractivity contribution < 1.29 is 19.1 Å². The van der Waals surface area contributed by atoms with Crippen molar-refractivity contribution in [3.8, 4) is 0 Å². The van der Waals surface area contributed by atoms with Crippen LogP contribution in [0.5, 0.6) is 0 Å². The third-order valence-electron chi connectivity index (χ3n) is 3.92. The number of rotatable bonds is 7. The highest BCUT2D eigenvalue weighted by Gasteiger charge is 2.26. The molecule has 1 heterocycles. The van der Waals surface area contributed by atoms with Gasteiger partial charge in [0.1, 0.15) is 6.61 Å². The van der Waals surface area contributed by atoms with Gasteiger partial charge in [0, 0.05) is 26.7 Å². The zero-order valence-electron chi connectivity index (χ0n) is 13.7. The van der Waals surface area contributed by atoms with Gasteiger partial charge in [-0.3, -0.25) is 9.59 Å². The van der Waals surface area contributed by atoms with Crippen LogP contribution >= 0.6 is 0 Å². The monoisotopic (exact) mass is 320 g/mol. The number of aryl methyl sites for hydroxylation is 1. The molecule has 1 saturated heterocycles. The first-order chi connectivity index (χ1) is 11.1. The second kappa shape index (κ2) is 8.64. The molecule has 6 heteroatoms. The Morgan fingerprint density at radius 3 is 2.96 bits per heavy atom. The lowest BCUT2D eigenvalue weighted by molar-refractivity contribution is -0.149. The molecule has 1 atom stereocenters. The molecule has 126 valence electrons. The van der Waals surface area contributed by atoms with E-state index in [0.29, 0.717) is 32.7 Å². The molecule has 1 aromatic carbocycles. The molecule has 0 saturated carbocycles. The van der Waals surface area contributed by atoms with E-state index < -0.39 is 0 Å². The normalized spacial score (nSPS) is 18.1. The Morgan fingerprint density at radius 1 is 1.43 bits per heavy atom. The van der Waals surface area contributed by atoms with Crippen LogP contribution in [-0.2, 0) is 25.5 Å². The molecule has 6 nitrogen and oxygen atoms in total. The lowest BCUT2D eigenvalue weighted by Crippen LogP contribution is -2.51. The summed E-state index contributed by atoms with van der Waals surface area (Å²) in [6.07, 6.45) is 0.177. The Morgan fingerprint density at radius 2 is 2.22 bits per heavy atom. The van der Waals surface area contributed by atoms with Crippen LogP contribution in [0, 0.1) is 6.92 Å². The van der Waals surface area contributed by atoms with E-state index in [-0.39, 0.29) is 24.5 Å². The molecule has 23 heavy (non-hydrogen) atoms. The second-order valence-corrected chi connectivity index (χ2v) is 5.67. The van der Waals surface area contributed by atoms with Crippen molar-refractivity contribution in [2.24, 2.45) is 0 Å². The molecule has 1 aromatic rings. The van der Waals surface area contributed by atoms with E-state index in [1.165, 1.54) is 0 Å². The number of benzene rings is 1. The molecule has 1 fully saturated rings. The van der Waals surface area contributed by atoms with Gasteiger partial charge in [-0.15, -0.1) is 0 Å². The van der Waals surface area contributed by atoms with Crippen LogP contribution in [0.2, 0.25) is 0 Å². The van der Waals surface area contributed by atoms with Gasteiger partial charge < -0.3 is 19.7 Å². The minimum Gasteiger partial charge on any atom is -0.383 e. The van der Waals surface area contributed by atoms with Crippen molar-refractivity contribution in [3.63, 3.8) is 0 Å². The Kier molecular flexibility index (Phi) is 6.55. The zero-order valence-corrected chi connectivity index (χ0v) is 13.7. The summed E-state index contributed by atoms with van der Waals surface area (Å²) in [4.78, 5) is 25.5. The van der Waals surface area contributed by atoms with Gasteiger partial charge in [0.2, 0.25) is 11.8 Å². The van der Waals surface area contributed by atoms with E-state index in [4.69, 9.17) is 9.47 Å². The average molecular weight is 320 g/mol. The number of ether oxygens (including phenoxy) is 2. The summed E-state index contributed by atoms with van der Waals surface area (Å²) in [5, 5.41) is 2.89. The molecule has 1 N–H and O–H groups in total. The Hall–Kier alpha value is -1.92. The molecule has 0 aliphatic carbocycles. The summed E-state index contributed by atoms with van der Waals surface area (Å²) in [5.74, 6) is -0.0761. The first-order valence-electron chi connectivity index (χ1n) is 7.79. The lowest BCUT2D eigenvalue weighted by atomic mass is 10.1. The standard InChI is InChI=1S/C17H24N2O4/c1-13-5-3-4-6-14(13)9-16(20)18-10-15-11-19(7-8-22-2)17(21)12-23-15/h3-6,15H,7-12H2,1-2H3,(H,18,20). The highest BCUT2D eigenvalue weighted by molar-refractivity contribution is 5.79. The molecular weight excluding hydrogens is 296 g/mol. The Labute approximate surface area is 136 Å². The molecule has 2 amide bonds. The first kappa shape index (κ1) is 17.4. The van der Waals surface area contributed by atoms with E-state index in [9.17, 15) is 9.59 Å². The maximum absolute atomic E-state index is 12.1. The summed E-state index contributed by atoms with van der Waals surface area (Å²) in [7, 11) is 1.61. The molecule has 2 rings (SSSR count). The van der Waals surface area contributed by atoms with Gasteiger partial charge in [-0.05, 0) is 18.1 Å². The minimum atomic E-state index is -0.176. The molecule has 0 radical (unpaired) electrons. The maximum Gasteiger partial charge on any atom is 0.248 e. The fraction of sp³-hybridized carbons (Fsp3) is 0.529. The molecule has 1 aliphatic rings. The van der Waals surface area contributed by atoms with E-state index >= 15 is 0 Å².